The number of carbonyl (C=O) groups excluding carboxylic acids is 1. The highest BCUT2D eigenvalue weighted by Crippen LogP contribution is 2.25. The minimum atomic E-state index is -4.20. The van der Waals surface area contributed by atoms with Crippen molar-refractivity contribution in [2.24, 2.45) is 4.99 Å². The number of amides is 1. The number of rotatable bonds is 5. The number of piperazine rings is 2. The Bertz CT molecular complexity index is 759. The Morgan fingerprint density at radius 1 is 1.16 bits per heavy atom. The normalized spacial score (nSPS) is 19.9. The first kappa shape index (κ1) is 23.2. The van der Waals surface area contributed by atoms with Crippen LogP contribution >= 0.6 is 0 Å². The Morgan fingerprint density at radius 2 is 1.84 bits per heavy atom. The van der Waals surface area contributed by atoms with Crippen LogP contribution in [-0.4, -0.2) is 86.2 Å². The molecule has 1 unspecified atom stereocenters. The van der Waals surface area contributed by atoms with Crippen molar-refractivity contribution in [3.05, 3.63) is 29.8 Å². The molecule has 2 aliphatic heterocycles. The molecule has 1 aromatic rings. The number of benzene rings is 1. The highest BCUT2D eigenvalue weighted by Gasteiger charge is 2.41. The topological polar surface area (TPSA) is 63.2 Å². The Hall–Kier alpha value is -2.49. The molecule has 2 saturated heterocycles. The van der Waals surface area contributed by atoms with Crippen LogP contribution in [0.2, 0.25) is 0 Å². The lowest BCUT2D eigenvalue weighted by Gasteiger charge is -2.39. The van der Waals surface area contributed by atoms with Gasteiger partial charge < -0.3 is 20.4 Å². The summed E-state index contributed by atoms with van der Waals surface area (Å²) in [4.78, 5) is 21.8. The second-order valence-electron chi connectivity index (χ2n) is 7.85. The van der Waals surface area contributed by atoms with Gasteiger partial charge in [-0.3, -0.25) is 9.69 Å². The monoisotopic (exact) mass is 440 g/mol. The summed E-state index contributed by atoms with van der Waals surface area (Å²) < 4.78 is 38.9. The third-order valence-electron chi connectivity index (χ3n) is 5.72. The van der Waals surface area contributed by atoms with Crippen LogP contribution in [0.25, 0.3) is 0 Å². The molecule has 0 bridgehead atoms. The molecule has 2 heterocycles. The summed E-state index contributed by atoms with van der Waals surface area (Å²) in [7, 11) is 0. The van der Waals surface area contributed by atoms with Gasteiger partial charge in [0, 0.05) is 51.5 Å². The molecular formula is C21H31F3N6O. The first-order valence-electron chi connectivity index (χ1n) is 10.7. The Kier molecular flexibility index (Phi) is 7.64. The Morgan fingerprint density at radius 3 is 2.42 bits per heavy atom. The van der Waals surface area contributed by atoms with Crippen molar-refractivity contribution in [2.45, 2.75) is 32.6 Å². The van der Waals surface area contributed by atoms with Crippen LogP contribution in [0.1, 0.15) is 19.4 Å². The van der Waals surface area contributed by atoms with Gasteiger partial charge in [0.15, 0.2) is 5.96 Å². The second-order valence-corrected chi connectivity index (χ2v) is 7.85. The maximum atomic E-state index is 13.0. The molecule has 31 heavy (non-hydrogen) atoms. The molecule has 2 fully saturated rings. The standard InChI is InChI=1S/C21H31F3N6O/c1-3-25-20(29-12-10-28(11-13-29)16(2)21(22,23)24)27-14-17-4-6-18(7-5-17)30-9-8-26-19(31)15-30/h4-7,16H,3,8-15H2,1-2H3,(H,25,27)(H,26,31). The maximum absolute atomic E-state index is 13.0. The van der Waals surface area contributed by atoms with E-state index in [-0.39, 0.29) is 5.91 Å². The number of aliphatic imine (C=N–C) groups is 1. The number of carbonyl (C=O) groups is 1. The van der Waals surface area contributed by atoms with E-state index in [4.69, 9.17) is 4.99 Å². The number of nitrogens with one attached hydrogen (secondary N) is 2. The van der Waals surface area contributed by atoms with E-state index in [1.165, 1.54) is 11.8 Å². The van der Waals surface area contributed by atoms with E-state index >= 15 is 0 Å². The predicted octanol–water partition coefficient (Wildman–Crippen LogP) is 1.66. The van der Waals surface area contributed by atoms with Gasteiger partial charge in [0.25, 0.3) is 0 Å². The van der Waals surface area contributed by atoms with Crippen molar-refractivity contribution in [3.63, 3.8) is 0 Å². The molecule has 7 nitrogen and oxygen atoms in total. The number of nitrogens with zero attached hydrogens (tertiary/aromatic N) is 4. The average Bonchev–Trinajstić information content (AvgIpc) is 2.76. The predicted molar refractivity (Wildman–Crippen MR) is 115 cm³/mol. The molecule has 1 aromatic carbocycles. The van der Waals surface area contributed by atoms with Crippen molar-refractivity contribution < 1.29 is 18.0 Å². The van der Waals surface area contributed by atoms with Gasteiger partial charge in [0.2, 0.25) is 5.91 Å². The number of alkyl halides is 3. The van der Waals surface area contributed by atoms with Crippen molar-refractivity contribution in [1.82, 2.24) is 20.4 Å². The molecule has 2 N–H and O–H groups in total. The fourth-order valence-corrected chi connectivity index (χ4v) is 3.79. The van der Waals surface area contributed by atoms with Crippen molar-refractivity contribution in [3.8, 4) is 0 Å². The van der Waals surface area contributed by atoms with Crippen molar-refractivity contribution >= 4 is 17.6 Å². The van der Waals surface area contributed by atoms with Gasteiger partial charge in [-0.05, 0) is 31.5 Å². The van der Waals surface area contributed by atoms with Crippen molar-refractivity contribution in [2.75, 3.05) is 57.3 Å². The fraction of sp³-hybridized carbons (Fsp3) is 0.619. The number of guanidine groups is 1. The first-order chi connectivity index (χ1) is 14.8. The van der Waals surface area contributed by atoms with E-state index in [0.29, 0.717) is 52.4 Å². The second kappa shape index (κ2) is 10.2. The summed E-state index contributed by atoms with van der Waals surface area (Å²) in [5.41, 5.74) is 2.04. The van der Waals surface area contributed by atoms with Gasteiger partial charge in [0.1, 0.15) is 6.04 Å². The molecule has 0 spiro atoms. The molecule has 10 heteroatoms. The SMILES string of the molecule is CCNC(=NCc1ccc(N2CCNC(=O)C2)cc1)N1CCN(C(C)C(F)(F)F)CC1. The lowest BCUT2D eigenvalue weighted by molar-refractivity contribution is -0.181. The van der Waals surface area contributed by atoms with E-state index in [1.54, 1.807) is 0 Å². The molecule has 3 rings (SSSR count). The highest BCUT2D eigenvalue weighted by atomic mass is 19.4. The van der Waals surface area contributed by atoms with Crippen LogP contribution in [0.15, 0.2) is 29.3 Å². The third-order valence-corrected chi connectivity index (χ3v) is 5.72. The molecule has 0 aromatic heterocycles. The van der Waals surface area contributed by atoms with E-state index in [9.17, 15) is 18.0 Å². The maximum Gasteiger partial charge on any atom is 0.403 e. The molecule has 0 aliphatic carbocycles. The molecule has 1 atom stereocenters. The van der Waals surface area contributed by atoms with Gasteiger partial charge in [-0.25, -0.2) is 4.99 Å². The quantitative estimate of drug-likeness (QED) is 0.539. The summed E-state index contributed by atoms with van der Waals surface area (Å²) in [6.07, 6.45) is -4.20. The zero-order chi connectivity index (χ0) is 22.4. The molecule has 172 valence electrons. The Labute approximate surface area is 181 Å². The number of halogens is 3. The summed E-state index contributed by atoms with van der Waals surface area (Å²) >= 11 is 0. The lowest BCUT2D eigenvalue weighted by Crippen LogP contribution is -2.56. The molecule has 0 radical (unpaired) electrons. The number of anilines is 1. The van der Waals surface area contributed by atoms with Gasteiger partial charge >= 0.3 is 6.18 Å². The van der Waals surface area contributed by atoms with Crippen LogP contribution in [0.4, 0.5) is 18.9 Å². The molecule has 0 saturated carbocycles. The van der Waals surface area contributed by atoms with Crippen LogP contribution in [0.5, 0.6) is 0 Å². The summed E-state index contributed by atoms with van der Waals surface area (Å²) in [6, 6.07) is 6.55. The zero-order valence-corrected chi connectivity index (χ0v) is 18.1. The molecule has 1 amide bonds. The van der Waals surface area contributed by atoms with E-state index in [1.807, 2.05) is 41.0 Å². The van der Waals surface area contributed by atoms with E-state index < -0.39 is 12.2 Å². The van der Waals surface area contributed by atoms with Gasteiger partial charge in [0.05, 0.1) is 13.1 Å². The van der Waals surface area contributed by atoms with Gasteiger partial charge in [-0.2, -0.15) is 13.2 Å². The number of hydrogen-bond donors (Lipinski definition) is 2. The summed E-state index contributed by atoms with van der Waals surface area (Å²) in [5.74, 6) is 0.749. The van der Waals surface area contributed by atoms with E-state index in [2.05, 4.69) is 10.6 Å². The van der Waals surface area contributed by atoms with Gasteiger partial charge in [-0.1, -0.05) is 12.1 Å². The van der Waals surface area contributed by atoms with Crippen LogP contribution in [0, 0.1) is 0 Å². The molecule has 2 aliphatic rings. The Balaban J connectivity index is 1.58. The first-order valence-corrected chi connectivity index (χ1v) is 10.7. The van der Waals surface area contributed by atoms with Crippen LogP contribution in [0.3, 0.4) is 0 Å². The van der Waals surface area contributed by atoms with Gasteiger partial charge in [-0.15, -0.1) is 0 Å². The van der Waals surface area contributed by atoms with Crippen LogP contribution < -0.4 is 15.5 Å². The largest absolute Gasteiger partial charge is 0.403 e. The number of hydrogen-bond acceptors (Lipinski definition) is 4. The third kappa shape index (κ3) is 6.25. The molecular weight excluding hydrogens is 409 g/mol. The summed E-state index contributed by atoms with van der Waals surface area (Å²) in [5, 5.41) is 6.06. The minimum Gasteiger partial charge on any atom is -0.360 e. The van der Waals surface area contributed by atoms with Crippen molar-refractivity contribution in [1.29, 1.82) is 0 Å². The summed E-state index contributed by atoms with van der Waals surface area (Å²) in [6.45, 7) is 7.85. The fourth-order valence-electron chi connectivity index (χ4n) is 3.79. The average molecular weight is 441 g/mol. The van der Waals surface area contributed by atoms with E-state index in [0.717, 1.165) is 23.8 Å². The van der Waals surface area contributed by atoms with Crippen LogP contribution in [-0.2, 0) is 11.3 Å². The lowest BCUT2D eigenvalue weighted by atomic mass is 10.2. The minimum absolute atomic E-state index is 0.0277. The smallest absolute Gasteiger partial charge is 0.360 e. The zero-order valence-electron chi connectivity index (χ0n) is 18.1. The highest BCUT2D eigenvalue weighted by molar-refractivity contribution is 5.82.